The van der Waals surface area contributed by atoms with Crippen LogP contribution in [0.25, 0.3) is 0 Å². The van der Waals surface area contributed by atoms with Gasteiger partial charge >= 0.3 is 0 Å². The molecule has 1 saturated heterocycles. The molecule has 0 bridgehead atoms. The van der Waals surface area contributed by atoms with Crippen LogP contribution in [0.5, 0.6) is 0 Å². The second-order valence-electron chi connectivity index (χ2n) is 4.81. The van der Waals surface area contributed by atoms with Crippen molar-refractivity contribution in [3.05, 3.63) is 15.6 Å². The number of aryl methyl sites for hydroxylation is 2. The average molecular weight is 267 g/mol. The molecule has 2 heterocycles. The van der Waals surface area contributed by atoms with Crippen LogP contribution in [-0.2, 0) is 0 Å². The summed E-state index contributed by atoms with van der Waals surface area (Å²) in [5.41, 5.74) is 0.841. The van der Waals surface area contributed by atoms with Crippen molar-refractivity contribution in [2.24, 2.45) is 0 Å². The van der Waals surface area contributed by atoms with Gasteiger partial charge in [0.15, 0.2) is 0 Å². The number of thiazole rings is 1. The van der Waals surface area contributed by atoms with Gasteiger partial charge in [0.1, 0.15) is 4.88 Å². The van der Waals surface area contributed by atoms with E-state index in [-0.39, 0.29) is 5.91 Å². The molecular weight excluding hydrogens is 246 g/mol. The van der Waals surface area contributed by atoms with Crippen LogP contribution in [0.1, 0.15) is 39.6 Å². The molecule has 4 nitrogen and oxygen atoms in total. The zero-order chi connectivity index (χ0) is 13.0. The van der Waals surface area contributed by atoms with E-state index in [9.17, 15) is 4.79 Å². The summed E-state index contributed by atoms with van der Waals surface area (Å²) in [6.45, 7) is 7.87. The van der Waals surface area contributed by atoms with Gasteiger partial charge in [-0.15, -0.1) is 11.3 Å². The molecule has 1 amide bonds. The van der Waals surface area contributed by atoms with Gasteiger partial charge in [0.2, 0.25) is 0 Å². The fourth-order valence-corrected chi connectivity index (χ4v) is 3.17. The Hall–Kier alpha value is -0.940. The largest absolute Gasteiger partial charge is 0.350 e. The summed E-state index contributed by atoms with van der Waals surface area (Å²) >= 11 is 1.47. The van der Waals surface area contributed by atoms with Gasteiger partial charge in [-0.2, -0.15) is 0 Å². The van der Waals surface area contributed by atoms with E-state index in [1.165, 1.54) is 43.7 Å². The molecule has 0 spiro atoms. The standard InChI is InChI=1S/C13H21N3OS/c1-10-12(18-11(2)15-10)13(17)14-6-9-16-7-4-3-5-8-16/h3-9H2,1-2H3,(H,14,17). The summed E-state index contributed by atoms with van der Waals surface area (Å²) < 4.78 is 0. The molecule has 100 valence electrons. The quantitative estimate of drug-likeness (QED) is 0.907. The van der Waals surface area contributed by atoms with Crippen molar-refractivity contribution >= 4 is 17.2 Å². The summed E-state index contributed by atoms with van der Waals surface area (Å²) in [6, 6.07) is 0. The van der Waals surface area contributed by atoms with Crippen LogP contribution in [0.15, 0.2) is 0 Å². The number of hydrogen-bond donors (Lipinski definition) is 1. The van der Waals surface area contributed by atoms with Crippen LogP contribution >= 0.6 is 11.3 Å². The van der Waals surface area contributed by atoms with E-state index in [1.54, 1.807) is 0 Å². The molecule has 1 aromatic rings. The molecular formula is C13H21N3OS. The van der Waals surface area contributed by atoms with Crippen LogP contribution in [0.3, 0.4) is 0 Å². The molecule has 1 aliphatic heterocycles. The lowest BCUT2D eigenvalue weighted by Crippen LogP contribution is -2.37. The maximum atomic E-state index is 12.0. The van der Waals surface area contributed by atoms with Gasteiger partial charge in [-0.3, -0.25) is 4.79 Å². The van der Waals surface area contributed by atoms with Gasteiger partial charge in [-0.1, -0.05) is 6.42 Å². The van der Waals surface area contributed by atoms with Gasteiger partial charge < -0.3 is 10.2 Å². The third-order valence-electron chi connectivity index (χ3n) is 3.27. The van der Waals surface area contributed by atoms with Crippen molar-refractivity contribution < 1.29 is 4.79 Å². The van der Waals surface area contributed by atoms with Crippen molar-refractivity contribution in [2.45, 2.75) is 33.1 Å². The summed E-state index contributed by atoms with van der Waals surface area (Å²) in [4.78, 5) is 19.4. The van der Waals surface area contributed by atoms with Crippen molar-refractivity contribution in [1.29, 1.82) is 0 Å². The minimum Gasteiger partial charge on any atom is -0.350 e. The number of carbonyl (C=O) groups is 1. The first-order valence-electron chi connectivity index (χ1n) is 6.61. The summed E-state index contributed by atoms with van der Waals surface area (Å²) in [5.74, 6) is 0.0232. The fraction of sp³-hybridized carbons (Fsp3) is 0.692. The molecule has 1 aliphatic rings. The molecule has 0 atom stereocenters. The number of likely N-dealkylation sites (tertiary alicyclic amines) is 1. The van der Waals surface area contributed by atoms with Crippen molar-refractivity contribution in [3.8, 4) is 0 Å². The molecule has 1 aromatic heterocycles. The Kier molecular flexibility index (Phi) is 4.72. The van der Waals surface area contributed by atoms with E-state index in [0.717, 1.165) is 28.7 Å². The molecule has 0 saturated carbocycles. The van der Waals surface area contributed by atoms with Gasteiger partial charge in [-0.05, 0) is 39.8 Å². The van der Waals surface area contributed by atoms with Crippen molar-refractivity contribution in [2.75, 3.05) is 26.2 Å². The maximum absolute atomic E-state index is 12.0. The molecule has 0 radical (unpaired) electrons. The molecule has 0 aliphatic carbocycles. The molecule has 18 heavy (non-hydrogen) atoms. The predicted molar refractivity (Wildman–Crippen MR) is 74.2 cm³/mol. The van der Waals surface area contributed by atoms with E-state index in [2.05, 4.69) is 15.2 Å². The van der Waals surface area contributed by atoms with Crippen LogP contribution in [0.2, 0.25) is 0 Å². The zero-order valence-electron chi connectivity index (χ0n) is 11.2. The Morgan fingerprint density at radius 2 is 2.06 bits per heavy atom. The lowest BCUT2D eigenvalue weighted by atomic mass is 10.1. The van der Waals surface area contributed by atoms with Crippen LogP contribution in [-0.4, -0.2) is 42.0 Å². The summed E-state index contributed by atoms with van der Waals surface area (Å²) in [6.07, 6.45) is 3.93. The van der Waals surface area contributed by atoms with E-state index >= 15 is 0 Å². The second-order valence-corrected chi connectivity index (χ2v) is 6.01. The van der Waals surface area contributed by atoms with E-state index in [4.69, 9.17) is 0 Å². The number of carbonyl (C=O) groups excluding carboxylic acids is 1. The topological polar surface area (TPSA) is 45.2 Å². The molecule has 1 N–H and O–H groups in total. The first-order valence-corrected chi connectivity index (χ1v) is 7.43. The highest BCUT2D eigenvalue weighted by molar-refractivity contribution is 7.13. The van der Waals surface area contributed by atoms with Gasteiger partial charge in [0.25, 0.3) is 5.91 Å². The van der Waals surface area contributed by atoms with Crippen molar-refractivity contribution in [1.82, 2.24) is 15.2 Å². The second kappa shape index (κ2) is 6.29. The Morgan fingerprint density at radius 3 is 2.67 bits per heavy atom. The molecule has 5 heteroatoms. The highest BCUT2D eigenvalue weighted by Gasteiger charge is 2.14. The fourth-order valence-electron chi connectivity index (χ4n) is 2.33. The lowest BCUT2D eigenvalue weighted by Gasteiger charge is -2.26. The van der Waals surface area contributed by atoms with Crippen LogP contribution in [0, 0.1) is 13.8 Å². The number of nitrogens with one attached hydrogen (secondary N) is 1. The highest BCUT2D eigenvalue weighted by atomic mass is 32.1. The summed E-state index contributed by atoms with van der Waals surface area (Å²) in [5, 5.41) is 3.94. The molecule has 2 rings (SSSR count). The van der Waals surface area contributed by atoms with Gasteiger partial charge in [-0.25, -0.2) is 4.98 Å². The maximum Gasteiger partial charge on any atom is 0.263 e. The first-order chi connectivity index (χ1) is 8.66. The van der Waals surface area contributed by atoms with Gasteiger partial charge in [0, 0.05) is 13.1 Å². The third-order valence-corrected chi connectivity index (χ3v) is 4.34. The molecule has 1 fully saturated rings. The molecule has 0 unspecified atom stereocenters. The minimum atomic E-state index is 0.0232. The number of rotatable bonds is 4. The Bertz CT molecular complexity index is 410. The minimum absolute atomic E-state index is 0.0232. The number of amides is 1. The number of hydrogen-bond acceptors (Lipinski definition) is 4. The van der Waals surface area contributed by atoms with Crippen molar-refractivity contribution in [3.63, 3.8) is 0 Å². The summed E-state index contributed by atoms with van der Waals surface area (Å²) in [7, 11) is 0. The van der Waals surface area contributed by atoms with E-state index < -0.39 is 0 Å². The average Bonchev–Trinajstić information content (AvgIpc) is 2.70. The lowest BCUT2D eigenvalue weighted by molar-refractivity contribution is 0.0950. The zero-order valence-corrected chi connectivity index (χ0v) is 12.0. The monoisotopic (exact) mass is 267 g/mol. The normalized spacial score (nSPS) is 16.8. The Morgan fingerprint density at radius 1 is 1.33 bits per heavy atom. The number of piperidine rings is 1. The van der Waals surface area contributed by atoms with E-state index in [0.29, 0.717) is 0 Å². The first kappa shape index (κ1) is 13.5. The van der Waals surface area contributed by atoms with E-state index in [1.807, 2.05) is 13.8 Å². The highest BCUT2D eigenvalue weighted by Crippen LogP contribution is 2.16. The Balaban J connectivity index is 1.76. The number of nitrogens with zero attached hydrogens (tertiary/aromatic N) is 2. The van der Waals surface area contributed by atoms with Gasteiger partial charge in [0.05, 0.1) is 10.7 Å². The number of aromatic nitrogens is 1. The van der Waals surface area contributed by atoms with Crippen LogP contribution < -0.4 is 5.32 Å². The SMILES string of the molecule is Cc1nc(C)c(C(=O)NCCN2CCCCC2)s1. The molecule has 0 aromatic carbocycles. The smallest absolute Gasteiger partial charge is 0.263 e. The van der Waals surface area contributed by atoms with Crippen LogP contribution in [0.4, 0.5) is 0 Å². The Labute approximate surface area is 112 Å². The third kappa shape index (κ3) is 3.53. The predicted octanol–water partition coefficient (Wildman–Crippen LogP) is 1.98.